The van der Waals surface area contributed by atoms with Crippen LogP contribution >= 0.6 is 0 Å². The zero-order chi connectivity index (χ0) is 41.2. The van der Waals surface area contributed by atoms with Crippen LogP contribution < -0.4 is 5.19 Å². The second-order valence-corrected chi connectivity index (χ2v) is 19.4. The van der Waals surface area contributed by atoms with Crippen molar-refractivity contribution in [1.82, 2.24) is 9.97 Å². The molecule has 56 heavy (non-hydrogen) atoms. The van der Waals surface area contributed by atoms with Gasteiger partial charge in [0.2, 0.25) is 0 Å². The molecule has 0 amide bonds. The van der Waals surface area contributed by atoms with Gasteiger partial charge in [-0.1, -0.05) is 151 Å². The number of aromatic nitrogens is 2. The van der Waals surface area contributed by atoms with Crippen molar-refractivity contribution >= 4 is 35.2 Å². The fraction of sp³-hybridized carbons (Fsp3) is 0.0980. The number of furan rings is 1. The summed E-state index contributed by atoms with van der Waals surface area (Å²) in [5.41, 5.74) is 9.26. The zero-order valence-electron chi connectivity index (χ0n) is 35.4. The Morgan fingerprint density at radius 2 is 1.29 bits per heavy atom. The zero-order valence-corrected chi connectivity index (χ0v) is 34.8. The summed E-state index contributed by atoms with van der Waals surface area (Å²) in [7, 11) is -1.76. The van der Waals surface area contributed by atoms with Crippen LogP contribution in [0, 0.1) is 12.1 Å². The number of nitrogens with zero attached hydrogens (tertiary/aromatic N) is 2. The second kappa shape index (κ2) is 17.4. The number of hydrogen-bond acceptors (Lipinski definition) is 3. The SMILES string of the molecule is [2H]C([2H])(c1ccccc1)c1cc(-c2[c-]cccc2)ncc1[Si](C)(C)C.[2H]C([2H])(c1ccccc1)c1ccnc(-c2[c-]ccc3c2oc2cc(-c4ccccc4)ccc23)c1.[Ir]. The molecule has 0 aliphatic heterocycles. The van der Waals surface area contributed by atoms with Crippen molar-refractivity contribution in [3.63, 3.8) is 0 Å². The van der Waals surface area contributed by atoms with E-state index in [-0.39, 0.29) is 20.1 Å². The maximum absolute atomic E-state index is 8.84. The molecule has 3 heterocycles. The quantitative estimate of drug-likeness (QED) is 0.113. The third kappa shape index (κ3) is 8.88. The molecule has 0 N–H and O–H groups in total. The summed E-state index contributed by atoms with van der Waals surface area (Å²) in [4.78, 5) is 9.16. The maximum atomic E-state index is 8.84. The van der Waals surface area contributed by atoms with Gasteiger partial charge in [0.05, 0.1) is 13.7 Å². The predicted octanol–water partition coefficient (Wildman–Crippen LogP) is 12.4. The molecular weight excluding hydrogens is 877 g/mol. The standard InChI is InChI=1S/C30H20NO.C21H22NSi.Ir/c1-3-8-21(9-4-1)18-22-16-17-31-28(19-22)27-13-7-12-26-25-15-14-24(20-29(25)32-30(26)27)23-10-5-2-6-11-23;1-23(2,3)21-16-22-20(18-12-8-5-9-13-18)15-19(21)14-17-10-6-4-7-11-17;/h1-12,14-17,19-20H,18H2;4-12,15-16H,14H2,1-3H3;/q2*-1;/i18D2;14D2;. The Balaban J connectivity index is 0.000000187. The van der Waals surface area contributed by atoms with E-state index in [1.807, 2.05) is 115 Å². The Morgan fingerprint density at radius 3 is 1.98 bits per heavy atom. The van der Waals surface area contributed by atoms with Crippen LogP contribution in [0.3, 0.4) is 0 Å². The van der Waals surface area contributed by atoms with E-state index in [4.69, 9.17) is 9.90 Å². The summed E-state index contributed by atoms with van der Waals surface area (Å²) in [6, 6.07) is 58.5. The molecule has 0 saturated heterocycles. The number of fused-ring (bicyclic) bond motifs is 3. The molecule has 0 aliphatic rings. The van der Waals surface area contributed by atoms with Crippen LogP contribution in [-0.2, 0) is 32.9 Å². The summed E-state index contributed by atoms with van der Waals surface area (Å²) in [6.07, 6.45) is 0.307. The summed E-state index contributed by atoms with van der Waals surface area (Å²) in [6.45, 7) is 6.68. The molecule has 0 fully saturated rings. The van der Waals surface area contributed by atoms with E-state index in [2.05, 4.69) is 72.1 Å². The van der Waals surface area contributed by atoms with Gasteiger partial charge in [0.1, 0.15) is 5.58 Å². The van der Waals surface area contributed by atoms with Gasteiger partial charge >= 0.3 is 0 Å². The van der Waals surface area contributed by atoms with E-state index >= 15 is 0 Å². The van der Waals surface area contributed by atoms with Crippen LogP contribution in [0.5, 0.6) is 0 Å². The van der Waals surface area contributed by atoms with Gasteiger partial charge in [-0.3, -0.25) is 0 Å². The molecule has 1 radical (unpaired) electrons. The van der Waals surface area contributed by atoms with Crippen LogP contribution in [0.4, 0.5) is 0 Å². The molecule has 5 heteroatoms. The van der Waals surface area contributed by atoms with E-state index in [0.717, 1.165) is 55.1 Å². The first-order chi connectivity index (χ1) is 28.4. The molecule has 6 aromatic carbocycles. The molecule has 0 saturated carbocycles. The number of benzene rings is 6. The van der Waals surface area contributed by atoms with Gasteiger partial charge in [0.15, 0.2) is 0 Å². The monoisotopic (exact) mass is 923 g/mol. The number of hydrogen-bond donors (Lipinski definition) is 0. The van der Waals surface area contributed by atoms with Crippen LogP contribution in [0.15, 0.2) is 181 Å². The minimum Gasteiger partial charge on any atom is -0.501 e. The fourth-order valence-electron chi connectivity index (χ4n) is 6.61. The first kappa shape index (κ1) is 33.6. The Bertz CT molecular complexity index is 2870. The summed E-state index contributed by atoms with van der Waals surface area (Å²) in [5, 5.41) is 3.07. The van der Waals surface area contributed by atoms with Gasteiger partial charge < -0.3 is 14.4 Å². The van der Waals surface area contributed by atoms with Crippen molar-refractivity contribution in [3.05, 3.63) is 211 Å². The van der Waals surface area contributed by atoms with E-state index in [9.17, 15) is 0 Å². The second-order valence-electron chi connectivity index (χ2n) is 14.3. The van der Waals surface area contributed by atoms with Crippen LogP contribution in [0.1, 0.15) is 27.7 Å². The van der Waals surface area contributed by atoms with Gasteiger partial charge in [0, 0.05) is 43.4 Å². The third-order valence-corrected chi connectivity index (χ3v) is 11.4. The van der Waals surface area contributed by atoms with Crippen molar-refractivity contribution in [2.75, 3.05) is 0 Å². The Hall–Kier alpha value is -5.71. The maximum Gasteiger partial charge on any atom is 0.121 e. The number of pyridine rings is 2. The molecule has 9 aromatic rings. The van der Waals surface area contributed by atoms with Crippen LogP contribution in [0.25, 0.3) is 55.6 Å². The predicted molar refractivity (Wildman–Crippen MR) is 231 cm³/mol. The van der Waals surface area contributed by atoms with Crippen molar-refractivity contribution in [2.24, 2.45) is 0 Å². The molecule has 0 bridgehead atoms. The normalized spacial score (nSPS) is 12.7. The summed E-state index contributed by atoms with van der Waals surface area (Å²) >= 11 is 0. The van der Waals surface area contributed by atoms with Crippen molar-refractivity contribution in [2.45, 2.75) is 32.4 Å². The Kier molecular flexibility index (Phi) is 10.4. The largest absolute Gasteiger partial charge is 0.501 e. The van der Waals surface area contributed by atoms with E-state index < -0.39 is 20.8 Å². The first-order valence-corrected chi connectivity index (χ1v) is 21.9. The molecule has 3 aromatic heterocycles. The molecule has 0 aliphatic carbocycles. The average molecular weight is 923 g/mol. The van der Waals surface area contributed by atoms with Gasteiger partial charge in [0.25, 0.3) is 0 Å². The molecule has 0 unspecified atom stereocenters. The third-order valence-electron chi connectivity index (χ3n) is 9.37. The Labute approximate surface area is 350 Å². The van der Waals surface area contributed by atoms with E-state index in [1.54, 1.807) is 30.5 Å². The van der Waals surface area contributed by atoms with Crippen molar-refractivity contribution in [3.8, 4) is 33.6 Å². The smallest absolute Gasteiger partial charge is 0.121 e. The van der Waals surface area contributed by atoms with E-state index in [1.165, 1.54) is 0 Å². The molecule has 0 atom stereocenters. The Morgan fingerprint density at radius 1 is 0.589 bits per heavy atom. The molecule has 9 rings (SSSR count). The van der Waals surface area contributed by atoms with Gasteiger partial charge in [-0.05, 0) is 69.3 Å². The van der Waals surface area contributed by atoms with E-state index in [0.29, 0.717) is 28.0 Å². The van der Waals surface area contributed by atoms with Gasteiger partial charge in [-0.15, -0.1) is 54.1 Å². The average Bonchev–Trinajstić information content (AvgIpc) is 3.66. The molecule has 3 nitrogen and oxygen atoms in total. The van der Waals surface area contributed by atoms with Crippen LogP contribution in [0.2, 0.25) is 19.6 Å². The minimum atomic E-state index is -1.76. The molecule has 277 valence electrons. The van der Waals surface area contributed by atoms with Crippen LogP contribution in [-0.4, -0.2) is 18.0 Å². The fourth-order valence-corrected chi connectivity index (χ4v) is 8.00. The van der Waals surface area contributed by atoms with Crippen molar-refractivity contribution < 1.29 is 30.0 Å². The summed E-state index contributed by atoms with van der Waals surface area (Å²) < 4.78 is 41.5. The number of rotatable bonds is 8. The minimum absolute atomic E-state index is 0. The summed E-state index contributed by atoms with van der Waals surface area (Å²) in [5.74, 6) is 0. The molecular formula is C51H42IrN2OSi-2. The van der Waals surface area contributed by atoms with Gasteiger partial charge in [-0.25, -0.2) is 0 Å². The molecule has 0 spiro atoms. The van der Waals surface area contributed by atoms with Gasteiger partial charge in [-0.2, -0.15) is 0 Å². The van der Waals surface area contributed by atoms with Crippen molar-refractivity contribution in [1.29, 1.82) is 0 Å². The first-order valence-electron chi connectivity index (χ1n) is 20.4. The topological polar surface area (TPSA) is 38.9 Å².